The summed E-state index contributed by atoms with van der Waals surface area (Å²) in [6.07, 6.45) is 2.01. The number of hydrogen-bond acceptors (Lipinski definition) is 5. The summed E-state index contributed by atoms with van der Waals surface area (Å²) in [6, 6.07) is 6.30. The minimum atomic E-state index is -1.33. The van der Waals surface area contributed by atoms with Crippen molar-refractivity contribution in [2.75, 3.05) is 13.7 Å². The van der Waals surface area contributed by atoms with Gasteiger partial charge in [0.25, 0.3) is 5.78 Å². The second-order valence-corrected chi connectivity index (χ2v) is 6.46. The van der Waals surface area contributed by atoms with E-state index in [1.165, 1.54) is 24.8 Å². The van der Waals surface area contributed by atoms with Crippen LogP contribution in [-0.4, -0.2) is 35.1 Å². The van der Waals surface area contributed by atoms with Crippen molar-refractivity contribution < 1.29 is 37.3 Å². The van der Waals surface area contributed by atoms with Crippen molar-refractivity contribution >= 4 is 28.4 Å². The fourth-order valence-corrected chi connectivity index (χ4v) is 3.16. The van der Waals surface area contributed by atoms with E-state index in [-0.39, 0.29) is 12.2 Å². The Morgan fingerprint density at radius 1 is 1.13 bits per heavy atom. The number of benzene rings is 2. The monoisotopic (exact) mass is 433 g/mol. The van der Waals surface area contributed by atoms with Gasteiger partial charge in [0.05, 0.1) is 31.2 Å². The van der Waals surface area contributed by atoms with Gasteiger partial charge < -0.3 is 19.1 Å². The molecule has 1 aromatic heterocycles. The number of aliphatic hydroxyl groups is 1. The van der Waals surface area contributed by atoms with Crippen LogP contribution in [0.3, 0.4) is 0 Å². The first-order valence-electron chi connectivity index (χ1n) is 9.18. The van der Waals surface area contributed by atoms with Gasteiger partial charge in [-0.2, -0.15) is 0 Å². The molecule has 6 nitrogen and oxygen atoms in total. The van der Waals surface area contributed by atoms with Crippen molar-refractivity contribution in [2.45, 2.75) is 13.5 Å². The number of fused-ring (bicyclic) bond motifs is 1. The maximum atomic E-state index is 14.2. The van der Waals surface area contributed by atoms with E-state index >= 15 is 0 Å². The molecule has 0 amide bonds. The molecule has 0 spiro atoms. The van der Waals surface area contributed by atoms with Gasteiger partial charge in [-0.15, -0.1) is 0 Å². The van der Waals surface area contributed by atoms with Crippen molar-refractivity contribution in [2.24, 2.45) is 0 Å². The largest absolute Gasteiger partial charge is 0.507 e. The molecule has 1 heterocycles. The molecular weight excluding hydrogens is 415 g/mol. The second kappa shape index (κ2) is 8.95. The highest BCUT2D eigenvalue weighted by Crippen LogP contribution is 2.34. The summed E-state index contributed by atoms with van der Waals surface area (Å²) < 4.78 is 53.2. The number of carbonyl (C=O) groups excluding carboxylic acids is 2. The predicted molar refractivity (Wildman–Crippen MR) is 106 cm³/mol. The summed E-state index contributed by atoms with van der Waals surface area (Å²) in [5.74, 6) is -5.98. The molecule has 2 aromatic carbocycles. The SMILES string of the molecule is CCOC(=O)C(=O)/C=C(\O)c1cn(Cc2c(F)ccc(F)c2F)c2cccc(OC)c12. The maximum Gasteiger partial charge on any atom is 0.379 e. The van der Waals surface area contributed by atoms with Crippen LogP contribution in [0.5, 0.6) is 5.75 Å². The highest BCUT2D eigenvalue weighted by molar-refractivity contribution is 6.39. The molecule has 0 bridgehead atoms. The molecule has 0 saturated heterocycles. The summed E-state index contributed by atoms with van der Waals surface area (Å²) in [5, 5.41) is 10.8. The van der Waals surface area contributed by atoms with E-state index in [0.29, 0.717) is 28.8 Å². The van der Waals surface area contributed by atoms with Crippen LogP contribution in [0, 0.1) is 17.5 Å². The minimum absolute atomic E-state index is 0.0168. The molecule has 0 aliphatic rings. The van der Waals surface area contributed by atoms with Crippen LogP contribution in [0.25, 0.3) is 16.7 Å². The summed E-state index contributed by atoms with van der Waals surface area (Å²) in [6.45, 7) is 1.10. The highest BCUT2D eigenvalue weighted by Gasteiger charge is 2.21. The highest BCUT2D eigenvalue weighted by atomic mass is 19.2. The lowest BCUT2D eigenvalue weighted by molar-refractivity contribution is -0.151. The number of carbonyl (C=O) groups is 2. The Labute approximate surface area is 175 Å². The number of ketones is 1. The summed E-state index contributed by atoms with van der Waals surface area (Å²) >= 11 is 0. The molecule has 31 heavy (non-hydrogen) atoms. The summed E-state index contributed by atoms with van der Waals surface area (Å²) in [4.78, 5) is 23.5. The molecule has 0 radical (unpaired) electrons. The van der Waals surface area contributed by atoms with Gasteiger partial charge in [0, 0.05) is 23.4 Å². The number of aromatic nitrogens is 1. The Morgan fingerprint density at radius 3 is 2.52 bits per heavy atom. The maximum absolute atomic E-state index is 14.2. The normalized spacial score (nSPS) is 11.6. The number of ether oxygens (including phenoxy) is 2. The first-order chi connectivity index (χ1) is 14.8. The fourth-order valence-electron chi connectivity index (χ4n) is 3.16. The van der Waals surface area contributed by atoms with Crippen molar-refractivity contribution in [3.8, 4) is 5.75 Å². The van der Waals surface area contributed by atoms with Gasteiger partial charge in [-0.05, 0) is 31.2 Å². The summed E-state index contributed by atoms with van der Waals surface area (Å²) in [7, 11) is 1.38. The Balaban J connectivity index is 2.15. The van der Waals surface area contributed by atoms with Crippen LogP contribution in [-0.2, 0) is 20.9 Å². The van der Waals surface area contributed by atoms with Crippen molar-refractivity contribution in [1.82, 2.24) is 4.57 Å². The third-order valence-corrected chi connectivity index (χ3v) is 4.58. The average molecular weight is 433 g/mol. The van der Waals surface area contributed by atoms with E-state index in [0.717, 1.165) is 6.07 Å². The van der Waals surface area contributed by atoms with E-state index in [9.17, 15) is 27.9 Å². The molecule has 162 valence electrons. The van der Waals surface area contributed by atoms with Crippen LogP contribution in [0.1, 0.15) is 18.1 Å². The zero-order valence-electron chi connectivity index (χ0n) is 16.6. The third-order valence-electron chi connectivity index (χ3n) is 4.58. The second-order valence-electron chi connectivity index (χ2n) is 6.46. The third kappa shape index (κ3) is 4.25. The van der Waals surface area contributed by atoms with Gasteiger partial charge in [-0.3, -0.25) is 4.79 Å². The van der Waals surface area contributed by atoms with E-state index < -0.39 is 47.1 Å². The summed E-state index contributed by atoms with van der Waals surface area (Å²) in [5.41, 5.74) is -0.0550. The van der Waals surface area contributed by atoms with Gasteiger partial charge >= 0.3 is 5.97 Å². The zero-order valence-corrected chi connectivity index (χ0v) is 16.6. The first kappa shape index (κ1) is 21.9. The van der Waals surface area contributed by atoms with E-state index in [1.807, 2.05) is 0 Å². The van der Waals surface area contributed by atoms with Crippen molar-refractivity contribution in [3.05, 3.63) is 71.2 Å². The topological polar surface area (TPSA) is 77.8 Å². The van der Waals surface area contributed by atoms with Crippen molar-refractivity contribution in [1.29, 1.82) is 0 Å². The lowest BCUT2D eigenvalue weighted by Gasteiger charge is -2.09. The Morgan fingerprint density at radius 2 is 1.84 bits per heavy atom. The number of esters is 1. The minimum Gasteiger partial charge on any atom is -0.507 e. The molecular formula is C22H18F3NO5. The van der Waals surface area contributed by atoms with E-state index in [1.54, 1.807) is 18.2 Å². The molecule has 0 saturated carbocycles. The molecule has 0 atom stereocenters. The zero-order chi connectivity index (χ0) is 22.7. The molecule has 9 heteroatoms. The lowest BCUT2D eigenvalue weighted by atomic mass is 10.1. The van der Waals surface area contributed by atoms with E-state index in [4.69, 9.17) is 4.74 Å². The van der Waals surface area contributed by atoms with Gasteiger partial charge in [0.2, 0.25) is 0 Å². The Kier molecular flexibility index (Phi) is 6.33. The number of aliphatic hydroxyl groups excluding tert-OH is 1. The molecule has 0 fully saturated rings. The molecule has 3 aromatic rings. The molecule has 0 unspecified atom stereocenters. The van der Waals surface area contributed by atoms with Gasteiger partial charge in [0.15, 0.2) is 11.6 Å². The quantitative estimate of drug-likeness (QED) is 0.199. The molecule has 1 N–H and O–H groups in total. The predicted octanol–water partition coefficient (Wildman–Crippen LogP) is 4.15. The smallest absolute Gasteiger partial charge is 0.379 e. The lowest BCUT2D eigenvalue weighted by Crippen LogP contribution is -2.15. The van der Waals surface area contributed by atoms with Gasteiger partial charge in [0.1, 0.15) is 17.3 Å². The van der Waals surface area contributed by atoms with Gasteiger partial charge in [-0.1, -0.05) is 6.07 Å². The van der Waals surface area contributed by atoms with Gasteiger partial charge in [-0.25, -0.2) is 18.0 Å². The molecule has 3 rings (SSSR count). The fraction of sp³-hybridized carbons (Fsp3) is 0.182. The Hall–Kier alpha value is -3.75. The van der Waals surface area contributed by atoms with Crippen molar-refractivity contribution in [3.63, 3.8) is 0 Å². The van der Waals surface area contributed by atoms with Crippen LogP contribution < -0.4 is 4.74 Å². The van der Waals surface area contributed by atoms with Crippen LogP contribution in [0.15, 0.2) is 42.6 Å². The average Bonchev–Trinajstić information content (AvgIpc) is 3.13. The first-order valence-corrected chi connectivity index (χ1v) is 9.18. The number of nitrogens with zero attached hydrogens (tertiary/aromatic N) is 1. The van der Waals surface area contributed by atoms with Crippen LogP contribution in [0.2, 0.25) is 0 Å². The standard InChI is InChI=1S/C22H18F3NO5/c1-3-31-22(29)18(28)9-17(27)13-11-26(16-5-4-6-19(30-2)20(13)16)10-12-14(23)7-8-15(24)21(12)25/h4-9,11,27H,3,10H2,1-2H3/b17-9-. The van der Waals surface area contributed by atoms with Crippen LogP contribution >= 0.6 is 0 Å². The number of rotatable bonds is 7. The Bertz CT molecular complexity index is 1200. The molecule has 0 aliphatic heterocycles. The van der Waals surface area contributed by atoms with Crippen LogP contribution in [0.4, 0.5) is 13.2 Å². The number of methoxy groups -OCH3 is 1. The molecule has 0 aliphatic carbocycles. The van der Waals surface area contributed by atoms with E-state index in [2.05, 4.69) is 4.74 Å². The number of hydrogen-bond donors (Lipinski definition) is 1. The number of halogens is 3.